The summed E-state index contributed by atoms with van der Waals surface area (Å²) in [6, 6.07) is 7.36. The fourth-order valence-electron chi connectivity index (χ4n) is 2.73. The van der Waals surface area contributed by atoms with Gasteiger partial charge in [-0.05, 0) is 31.9 Å². The molecule has 0 bridgehead atoms. The van der Waals surface area contributed by atoms with E-state index < -0.39 is 5.97 Å². The molecule has 0 aliphatic carbocycles. The van der Waals surface area contributed by atoms with Crippen LogP contribution in [0.2, 0.25) is 5.02 Å². The molecule has 0 atom stereocenters. The Morgan fingerprint density at radius 1 is 1.15 bits per heavy atom. The van der Waals surface area contributed by atoms with E-state index in [0.717, 1.165) is 37.1 Å². The second-order valence-electron chi connectivity index (χ2n) is 6.17. The summed E-state index contributed by atoms with van der Waals surface area (Å²) in [5.74, 6) is -0.892. The minimum atomic E-state index is -0.745. The average Bonchev–Trinajstić information content (AvgIpc) is 2.98. The molecule has 0 fully saturated rings. The highest BCUT2D eigenvalue weighted by atomic mass is 35.5. The van der Waals surface area contributed by atoms with Gasteiger partial charge in [-0.15, -0.1) is 0 Å². The quantitative estimate of drug-likeness (QED) is 0.613. The molecule has 7 heteroatoms. The van der Waals surface area contributed by atoms with Crippen molar-refractivity contribution >= 4 is 23.5 Å². The van der Waals surface area contributed by atoms with Crippen LogP contribution < -0.4 is 5.32 Å². The molecular weight excluding hydrogens is 354 g/mol. The van der Waals surface area contributed by atoms with E-state index in [-0.39, 0.29) is 12.3 Å². The summed E-state index contributed by atoms with van der Waals surface area (Å²) >= 11 is 6.20. The number of unbranched alkanes of at least 4 members (excludes halogenated alkanes) is 4. The van der Waals surface area contributed by atoms with Crippen molar-refractivity contribution in [2.75, 3.05) is 6.54 Å². The molecule has 0 unspecified atom stereocenters. The Bertz CT molecular complexity index is 758. The molecule has 1 heterocycles. The van der Waals surface area contributed by atoms with Crippen molar-refractivity contribution in [1.82, 2.24) is 15.1 Å². The second-order valence-corrected chi connectivity index (χ2v) is 6.58. The first-order valence-corrected chi connectivity index (χ1v) is 9.18. The summed E-state index contributed by atoms with van der Waals surface area (Å²) in [5.41, 5.74) is 2.02. The highest BCUT2D eigenvalue weighted by Crippen LogP contribution is 2.22. The van der Waals surface area contributed by atoms with Crippen LogP contribution in [0.25, 0.3) is 5.69 Å². The van der Waals surface area contributed by atoms with Crippen molar-refractivity contribution in [1.29, 1.82) is 0 Å². The minimum Gasteiger partial charge on any atom is -0.481 e. The van der Waals surface area contributed by atoms with E-state index in [9.17, 15) is 9.59 Å². The van der Waals surface area contributed by atoms with Gasteiger partial charge in [-0.1, -0.05) is 43.0 Å². The third-order valence-electron chi connectivity index (χ3n) is 4.19. The predicted octanol–water partition coefficient (Wildman–Crippen LogP) is 3.99. The highest BCUT2D eigenvalue weighted by molar-refractivity contribution is 6.32. The number of aromatic nitrogens is 2. The van der Waals surface area contributed by atoms with Gasteiger partial charge in [0.15, 0.2) is 0 Å². The van der Waals surface area contributed by atoms with Crippen LogP contribution in [0.5, 0.6) is 0 Å². The van der Waals surface area contributed by atoms with E-state index in [0.29, 0.717) is 23.6 Å². The van der Waals surface area contributed by atoms with Gasteiger partial charge in [0.2, 0.25) is 0 Å². The van der Waals surface area contributed by atoms with Crippen LogP contribution in [-0.4, -0.2) is 33.3 Å². The molecular formula is C19H24ClN3O3. The summed E-state index contributed by atoms with van der Waals surface area (Å²) in [6.45, 7) is 2.43. The number of para-hydroxylation sites is 1. The Morgan fingerprint density at radius 2 is 1.85 bits per heavy atom. The molecule has 0 saturated heterocycles. The fourth-order valence-corrected chi connectivity index (χ4v) is 2.94. The first kappa shape index (κ1) is 20.0. The molecule has 26 heavy (non-hydrogen) atoms. The van der Waals surface area contributed by atoms with Gasteiger partial charge in [-0.2, -0.15) is 5.10 Å². The Labute approximate surface area is 158 Å². The predicted molar refractivity (Wildman–Crippen MR) is 101 cm³/mol. The number of hydrogen-bond acceptors (Lipinski definition) is 3. The summed E-state index contributed by atoms with van der Waals surface area (Å²) in [6.07, 6.45) is 6.22. The van der Waals surface area contributed by atoms with Crippen molar-refractivity contribution < 1.29 is 14.7 Å². The lowest BCUT2D eigenvalue weighted by molar-refractivity contribution is -0.137. The summed E-state index contributed by atoms with van der Waals surface area (Å²) in [4.78, 5) is 22.8. The molecule has 140 valence electrons. The molecule has 1 amide bonds. The number of hydrogen-bond donors (Lipinski definition) is 2. The van der Waals surface area contributed by atoms with Crippen molar-refractivity contribution in [3.05, 3.63) is 46.7 Å². The monoisotopic (exact) mass is 377 g/mol. The van der Waals surface area contributed by atoms with Gasteiger partial charge < -0.3 is 10.4 Å². The van der Waals surface area contributed by atoms with Gasteiger partial charge in [0.1, 0.15) is 0 Å². The van der Waals surface area contributed by atoms with Crippen molar-refractivity contribution in [2.45, 2.75) is 45.4 Å². The molecule has 0 aliphatic heterocycles. The topological polar surface area (TPSA) is 84.2 Å². The first-order valence-electron chi connectivity index (χ1n) is 8.80. The molecule has 0 radical (unpaired) electrons. The van der Waals surface area contributed by atoms with Crippen LogP contribution in [0.3, 0.4) is 0 Å². The first-order chi connectivity index (χ1) is 12.5. The molecule has 1 aromatic heterocycles. The van der Waals surface area contributed by atoms with Gasteiger partial charge in [-0.25, -0.2) is 4.68 Å². The van der Waals surface area contributed by atoms with Crippen LogP contribution in [0.1, 0.15) is 54.6 Å². The maximum Gasteiger partial charge on any atom is 0.303 e. The summed E-state index contributed by atoms with van der Waals surface area (Å²) in [7, 11) is 0. The minimum absolute atomic E-state index is 0.147. The number of carbonyl (C=O) groups excluding carboxylic acids is 1. The number of carboxylic acid groups (broad SMARTS) is 1. The summed E-state index contributed by atoms with van der Waals surface area (Å²) in [5, 5.41) is 16.3. The van der Waals surface area contributed by atoms with Crippen LogP contribution in [0.15, 0.2) is 30.5 Å². The van der Waals surface area contributed by atoms with Crippen molar-refractivity contribution in [2.24, 2.45) is 0 Å². The van der Waals surface area contributed by atoms with E-state index >= 15 is 0 Å². The number of nitrogens with one attached hydrogen (secondary N) is 1. The zero-order valence-electron chi connectivity index (χ0n) is 14.9. The molecule has 2 N–H and O–H groups in total. The van der Waals surface area contributed by atoms with E-state index in [4.69, 9.17) is 16.7 Å². The maximum atomic E-state index is 12.3. The maximum absolute atomic E-state index is 12.3. The number of carboxylic acids is 1. The smallest absolute Gasteiger partial charge is 0.303 e. The molecule has 1 aromatic carbocycles. The van der Waals surface area contributed by atoms with Gasteiger partial charge in [0, 0.05) is 13.0 Å². The molecule has 0 aliphatic rings. The average molecular weight is 378 g/mol. The Kier molecular flexibility index (Phi) is 7.66. The largest absolute Gasteiger partial charge is 0.481 e. The van der Waals surface area contributed by atoms with Gasteiger partial charge in [0.25, 0.3) is 5.91 Å². The van der Waals surface area contributed by atoms with Gasteiger partial charge in [0.05, 0.1) is 28.2 Å². The van der Waals surface area contributed by atoms with E-state index in [1.165, 1.54) is 0 Å². The molecule has 2 rings (SSSR count). The Balaban J connectivity index is 1.78. The highest BCUT2D eigenvalue weighted by Gasteiger charge is 2.15. The number of halogens is 1. The van der Waals surface area contributed by atoms with E-state index in [1.54, 1.807) is 16.9 Å². The normalized spacial score (nSPS) is 10.7. The molecule has 0 saturated carbocycles. The van der Waals surface area contributed by atoms with Crippen molar-refractivity contribution in [3.63, 3.8) is 0 Å². The van der Waals surface area contributed by atoms with Crippen LogP contribution in [0, 0.1) is 6.92 Å². The van der Waals surface area contributed by atoms with Crippen LogP contribution >= 0.6 is 11.6 Å². The standard InChI is InChI=1S/C19H24ClN3O3/c1-14-15(13-22-23(14)17-10-7-6-9-16(17)20)19(26)21-12-8-4-2-3-5-11-18(24)25/h6-7,9-10,13H,2-5,8,11-12H2,1H3,(H,21,26)(H,24,25). The second kappa shape index (κ2) is 9.97. The number of nitrogens with zero attached hydrogens (tertiary/aromatic N) is 2. The third kappa shape index (κ3) is 5.59. The number of aliphatic carboxylic acids is 1. The molecule has 6 nitrogen and oxygen atoms in total. The van der Waals surface area contributed by atoms with Gasteiger partial charge in [-0.3, -0.25) is 9.59 Å². The molecule has 2 aromatic rings. The third-order valence-corrected chi connectivity index (χ3v) is 4.51. The zero-order chi connectivity index (χ0) is 18.9. The lowest BCUT2D eigenvalue weighted by Gasteiger charge is -2.08. The van der Waals surface area contributed by atoms with Gasteiger partial charge >= 0.3 is 5.97 Å². The fraction of sp³-hybridized carbons (Fsp3) is 0.421. The van der Waals surface area contributed by atoms with E-state index in [1.807, 2.05) is 25.1 Å². The summed E-state index contributed by atoms with van der Waals surface area (Å²) < 4.78 is 1.67. The van der Waals surface area contributed by atoms with Crippen LogP contribution in [-0.2, 0) is 4.79 Å². The number of benzene rings is 1. The number of amides is 1. The zero-order valence-corrected chi connectivity index (χ0v) is 15.6. The number of carbonyl (C=O) groups is 2. The Hall–Kier alpha value is -2.34. The SMILES string of the molecule is Cc1c(C(=O)NCCCCCCCC(=O)O)cnn1-c1ccccc1Cl. The van der Waals surface area contributed by atoms with E-state index in [2.05, 4.69) is 10.4 Å². The molecule has 0 spiro atoms. The number of rotatable bonds is 10. The Morgan fingerprint density at radius 3 is 2.58 bits per heavy atom. The lowest BCUT2D eigenvalue weighted by atomic mass is 10.1. The van der Waals surface area contributed by atoms with Crippen LogP contribution in [0.4, 0.5) is 0 Å². The van der Waals surface area contributed by atoms with Crippen molar-refractivity contribution in [3.8, 4) is 5.69 Å². The lowest BCUT2D eigenvalue weighted by Crippen LogP contribution is -2.24.